The van der Waals surface area contributed by atoms with Crippen LogP contribution in [0.25, 0.3) is 0 Å². The topological polar surface area (TPSA) is 139 Å². The molecule has 1 aromatic carbocycles. The summed E-state index contributed by atoms with van der Waals surface area (Å²) in [6, 6.07) is -0.214. The number of rotatable bonds is 5. The van der Waals surface area contributed by atoms with Gasteiger partial charge in [0.2, 0.25) is 0 Å². The molecule has 0 aromatic heterocycles. The third-order valence-corrected chi connectivity index (χ3v) is 3.42. The van der Waals surface area contributed by atoms with E-state index >= 15 is 0 Å². The van der Waals surface area contributed by atoms with E-state index < -0.39 is 28.6 Å². The zero-order valence-corrected chi connectivity index (χ0v) is 14.7. The maximum Gasteiger partial charge on any atom is 0.408 e. The van der Waals surface area contributed by atoms with Crippen LogP contribution in [0.3, 0.4) is 0 Å². The van der Waals surface area contributed by atoms with Crippen LogP contribution in [0.4, 0.5) is 10.5 Å². The van der Waals surface area contributed by atoms with Crippen LogP contribution < -0.4 is 5.32 Å². The van der Waals surface area contributed by atoms with E-state index in [4.69, 9.17) is 4.74 Å². The van der Waals surface area contributed by atoms with Crippen LogP contribution in [0, 0.1) is 24.0 Å². The number of phenols is 1. The standard InChI is InChI=1S/C16H22N2O7/c1-8-6-12(19)10(9(2)13(8)18(23)24)7-11(14(20)21)17-15(22)25-16(3,4)5/h6,11,19H,7H2,1-5H3,(H,17,22)(H,20,21). The van der Waals surface area contributed by atoms with Gasteiger partial charge in [-0.2, -0.15) is 0 Å². The highest BCUT2D eigenvalue weighted by atomic mass is 16.6. The molecule has 1 unspecified atom stereocenters. The number of carboxylic acid groups (broad SMARTS) is 1. The summed E-state index contributed by atoms with van der Waals surface area (Å²) >= 11 is 0. The number of alkyl carbamates (subject to hydrolysis) is 1. The Morgan fingerprint density at radius 3 is 2.36 bits per heavy atom. The Hall–Kier alpha value is -2.84. The number of carboxylic acids is 1. The molecule has 138 valence electrons. The first-order chi connectivity index (χ1) is 11.3. The van der Waals surface area contributed by atoms with Crippen LogP contribution in [-0.2, 0) is 16.0 Å². The Morgan fingerprint density at radius 1 is 1.36 bits per heavy atom. The number of hydrogen-bond donors (Lipinski definition) is 3. The lowest BCUT2D eigenvalue weighted by molar-refractivity contribution is -0.386. The largest absolute Gasteiger partial charge is 0.508 e. The number of ether oxygens (including phenoxy) is 1. The second-order valence-corrected chi connectivity index (χ2v) is 6.66. The number of amides is 1. The first kappa shape index (κ1) is 20.2. The quantitative estimate of drug-likeness (QED) is 0.545. The predicted molar refractivity (Wildman–Crippen MR) is 88.7 cm³/mol. The molecular formula is C16H22N2O7. The number of nitro benzene ring substituents is 1. The van der Waals surface area contributed by atoms with Gasteiger partial charge in [-0.3, -0.25) is 10.1 Å². The zero-order valence-electron chi connectivity index (χ0n) is 14.7. The van der Waals surface area contributed by atoms with Crippen molar-refractivity contribution in [2.24, 2.45) is 0 Å². The summed E-state index contributed by atoms with van der Waals surface area (Å²) in [5, 5.41) is 32.8. The molecule has 9 nitrogen and oxygen atoms in total. The summed E-state index contributed by atoms with van der Waals surface area (Å²) in [4.78, 5) is 33.8. The van der Waals surface area contributed by atoms with Crippen LogP contribution in [0.1, 0.15) is 37.5 Å². The molecule has 3 N–H and O–H groups in total. The smallest absolute Gasteiger partial charge is 0.408 e. The molecule has 0 radical (unpaired) electrons. The number of aliphatic carboxylic acids is 1. The van der Waals surface area contributed by atoms with Crippen LogP contribution in [0.2, 0.25) is 0 Å². The molecule has 0 spiro atoms. The number of aromatic hydroxyl groups is 1. The van der Waals surface area contributed by atoms with E-state index in [1.54, 1.807) is 20.8 Å². The number of carbonyl (C=O) groups excluding carboxylic acids is 1. The average molecular weight is 354 g/mol. The van der Waals surface area contributed by atoms with Crippen LogP contribution in [0.5, 0.6) is 5.75 Å². The third-order valence-electron chi connectivity index (χ3n) is 3.42. The first-order valence-electron chi connectivity index (χ1n) is 7.52. The Labute approximate surface area is 144 Å². The number of hydrogen-bond acceptors (Lipinski definition) is 6. The maximum atomic E-state index is 11.8. The molecule has 1 amide bonds. The molecule has 0 aliphatic heterocycles. The Morgan fingerprint density at radius 2 is 1.92 bits per heavy atom. The summed E-state index contributed by atoms with van der Waals surface area (Å²) < 4.78 is 5.01. The lowest BCUT2D eigenvalue weighted by Gasteiger charge is -2.22. The third kappa shape index (κ3) is 5.33. The fourth-order valence-corrected chi connectivity index (χ4v) is 2.38. The van der Waals surface area contributed by atoms with Crippen LogP contribution in [0.15, 0.2) is 6.07 Å². The molecule has 0 bridgehead atoms. The lowest BCUT2D eigenvalue weighted by Crippen LogP contribution is -2.44. The molecule has 1 atom stereocenters. The van der Waals surface area contributed by atoms with E-state index in [0.29, 0.717) is 0 Å². The van der Waals surface area contributed by atoms with Gasteiger partial charge in [0.25, 0.3) is 5.69 Å². The van der Waals surface area contributed by atoms with Gasteiger partial charge in [-0.25, -0.2) is 9.59 Å². The highest BCUT2D eigenvalue weighted by Gasteiger charge is 2.28. The van der Waals surface area contributed by atoms with Crippen molar-refractivity contribution in [3.05, 3.63) is 32.9 Å². The second kappa shape index (κ2) is 7.37. The SMILES string of the molecule is Cc1cc(O)c(CC(NC(=O)OC(C)(C)C)C(=O)O)c(C)c1[N+](=O)[O-]. The predicted octanol–water partition coefficient (Wildman–Crippen LogP) is 2.44. The highest BCUT2D eigenvalue weighted by Crippen LogP contribution is 2.33. The second-order valence-electron chi connectivity index (χ2n) is 6.66. The van der Waals surface area contributed by atoms with E-state index in [9.17, 15) is 29.9 Å². The van der Waals surface area contributed by atoms with Crippen molar-refractivity contribution >= 4 is 17.7 Å². The minimum Gasteiger partial charge on any atom is -0.508 e. The highest BCUT2D eigenvalue weighted by molar-refractivity contribution is 5.80. The van der Waals surface area contributed by atoms with Crippen molar-refractivity contribution < 1.29 is 29.5 Å². The van der Waals surface area contributed by atoms with E-state index in [-0.39, 0.29) is 34.5 Å². The molecule has 0 saturated heterocycles. The van der Waals surface area contributed by atoms with Gasteiger partial charge in [0.15, 0.2) is 0 Å². The van der Waals surface area contributed by atoms with Gasteiger partial charge in [0.05, 0.1) is 4.92 Å². The number of nitrogens with one attached hydrogen (secondary N) is 1. The van der Waals surface area contributed by atoms with Crippen LogP contribution in [-0.4, -0.2) is 38.8 Å². The Kier molecular flexibility index (Phi) is 5.96. The molecule has 0 fully saturated rings. The van der Waals surface area contributed by atoms with Gasteiger partial charge in [0, 0.05) is 23.1 Å². The summed E-state index contributed by atoms with van der Waals surface area (Å²) in [7, 11) is 0. The van der Waals surface area contributed by atoms with Gasteiger partial charge in [-0.1, -0.05) is 0 Å². The number of carbonyl (C=O) groups is 2. The summed E-state index contributed by atoms with van der Waals surface area (Å²) in [6.45, 7) is 7.78. The fourth-order valence-electron chi connectivity index (χ4n) is 2.38. The monoisotopic (exact) mass is 354 g/mol. The Balaban J connectivity index is 3.15. The van der Waals surface area contributed by atoms with Crippen molar-refractivity contribution in [2.45, 2.75) is 52.7 Å². The first-order valence-corrected chi connectivity index (χ1v) is 7.52. The van der Waals surface area contributed by atoms with Gasteiger partial charge in [-0.15, -0.1) is 0 Å². The number of nitro groups is 1. The lowest BCUT2D eigenvalue weighted by atomic mass is 9.96. The van der Waals surface area contributed by atoms with Crippen molar-refractivity contribution in [3.8, 4) is 5.75 Å². The van der Waals surface area contributed by atoms with Gasteiger partial charge in [-0.05, 0) is 40.7 Å². The minimum atomic E-state index is -1.42. The van der Waals surface area contributed by atoms with E-state index in [1.807, 2.05) is 0 Å². The Bertz CT molecular complexity index is 707. The molecule has 0 aliphatic carbocycles. The van der Waals surface area contributed by atoms with E-state index in [1.165, 1.54) is 19.9 Å². The maximum absolute atomic E-state index is 11.8. The molecule has 9 heteroatoms. The van der Waals surface area contributed by atoms with E-state index in [0.717, 1.165) is 0 Å². The van der Waals surface area contributed by atoms with E-state index in [2.05, 4.69) is 5.32 Å². The summed E-state index contributed by atoms with van der Waals surface area (Å²) in [6.07, 6.45) is -1.26. The average Bonchev–Trinajstić information content (AvgIpc) is 2.38. The summed E-state index contributed by atoms with van der Waals surface area (Å²) in [5.41, 5.74) is -0.515. The molecule has 25 heavy (non-hydrogen) atoms. The van der Waals surface area contributed by atoms with Gasteiger partial charge >= 0.3 is 12.1 Å². The molecule has 0 saturated carbocycles. The molecule has 0 heterocycles. The van der Waals surface area contributed by atoms with Gasteiger partial charge in [0.1, 0.15) is 17.4 Å². The fraction of sp³-hybridized carbons (Fsp3) is 0.500. The molecule has 1 aromatic rings. The van der Waals surface area contributed by atoms with Crippen molar-refractivity contribution in [1.82, 2.24) is 5.32 Å². The van der Waals surface area contributed by atoms with Crippen LogP contribution >= 0.6 is 0 Å². The van der Waals surface area contributed by atoms with Gasteiger partial charge < -0.3 is 20.3 Å². The van der Waals surface area contributed by atoms with Crippen molar-refractivity contribution in [1.29, 1.82) is 0 Å². The zero-order chi connectivity index (χ0) is 19.5. The normalized spacial score (nSPS) is 12.4. The molecule has 0 aliphatic rings. The van der Waals surface area contributed by atoms with Crippen molar-refractivity contribution in [2.75, 3.05) is 0 Å². The molecule has 1 rings (SSSR count). The number of phenolic OH excluding ortho intramolecular Hbond substituents is 1. The summed E-state index contributed by atoms with van der Waals surface area (Å²) in [5.74, 6) is -1.62. The number of benzene rings is 1. The number of nitrogens with zero attached hydrogens (tertiary/aromatic N) is 1. The van der Waals surface area contributed by atoms with Crippen molar-refractivity contribution in [3.63, 3.8) is 0 Å². The molecular weight excluding hydrogens is 332 g/mol. The minimum absolute atomic E-state index is 0.0840. The number of aryl methyl sites for hydroxylation is 1.